The third kappa shape index (κ3) is 12.2. The lowest BCUT2D eigenvalue weighted by atomic mass is 10.1. The van der Waals surface area contributed by atoms with E-state index in [1.165, 1.54) is 0 Å². The molecule has 1 N–H and O–H groups in total. The second-order valence-corrected chi connectivity index (χ2v) is 18.2. The average molecular weight is 929 g/mol. The Labute approximate surface area is 406 Å². The first-order chi connectivity index (χ1) is 33.7. The molecule has 69 heavy (non-hydrogen) atoms. The minimum Gasteiger partial charge on any atom is -0.373 e. The number of aromatic nitrogens is 4. The number of benzene rings is 4. The second kappa shape index (κ2) is 22.7. The molecule has 1 unspecified atom stereocenters. The average Bonchev–Trinajstić information content (AvgIpc) is 3.36. The Morgan fingerprint density at radius 2 is 1.43 bits per heavy atom. The van der Waals surface area contributed by atoms with Gasteiger partial charge in [-0.05, 0) is 105 Å². The molecule has 12 bridgehead atoms. The van der Waals surface area contributed by atoms with Crippen molar-refractivity contribution >= 4 is 34.6 Å². The summed E-state index contributed by atoms with van der Waals surface area (Å²) in [6.45, 7) is 10.5. The van der Waals surface area contributed by atoms with E-state index in [2.05, 4.69) is 155 Å². The van der Waals surface area contributed by atoms with Crippen LogP contribution < -0.4 is 20.0 Å². The van der Waals surface area contributed by atoms with Gasteiger partial charge in [0.1, 0.15) is 0 Å². The number of hydrogen-bond donors (Lipinski definition) is 1. The predicted octanol–water partition coefficient (Wildman–Crippen LogP) is 8.77. The molecule has 358 valence electrons. The largest absolute Gasteiger partial charge is 0.373 e. The maximum Gasteiger partial charge on any atom is 0.232 e. The van der Waals surface area contributed by atoms with E-state index in [0.29, 0.717) is 51.5 Å². The van der Waals surface area contributed by atoms with Crippen LogP contribution in [-0.4, -0.2) is 123 Å². The third-order valence-electron chi connectivity index (χ3n) is 12.6. The van der Waals surface area contributed by atoms with E-state index in [-0.39, 0.29) is 6.61 Å². The molecule has 0 saturated carbocycles. The lowest BCUT2D eigenvalue weighted by molar-refractivity contribution is 0.0742. The fraction of sp³-hybridized carbons (Fsp3) is 0.345. The number of fused-ring (bicyclic) bond motifs is 14. The summed E-state index contributed by atoms with van der Waals surface area (Å²) in [4.78, 5) is 31.4. The maximum atomic E-state index is 7.09. The van der Waals surface area contributed by atoms with Gasteiger partial charge < -0.3 is 43.9 Å². The van der Waals surface area contributed by atoms with Gasteiger partial charge in [0.05, 0.1) is 57.6 Å². The van der Waals surface area contributed by atoms with Crippen molar-refractivity contribution in [3.8, 4) is 22.5 Å². The molecule has 6 aromatic rings. The summed E-state index contributed by atoms with van der Waals surface area (Å²) < 4.78 is 26.1. The highest BCUT2D eigenvalue weighted by Gasteiger charge is 2.26. The number of hydrogen-bond acceptors (Lipinski definition) is 14. The number of anilines is 6. The van der Waals surface area contributed by atoms with E-state index < -0.39 is 6.23 Å². The van der Waals surface area contributed by atoms with Gasteiger partial charge in [-0.25, -0.2) is 19.9 Å². The number of rotatable bonds is 6. The first-order valence-corrected chi connectivity index (χ1v) is 23.9. The molecule has 0 spiro atoms. The van der Waals surface area contributed by atoms with Gasteiger partial charge in [0.25, 0.3) is 0 Å². The molecule has 4 aromatic carbocycles. The van der Waals surface area contributed by atoms with Gasteiger partial charge in [-0.15, -0.1) is 0 Å². The highest BCUT2D eigenvalue weighted by molar-refractivity contribution is 5.70. The molecule has 9 rings (SSSR count). The van der Waals surface area contributed by atoms with Crippen molar-refractivity contribution in [3.05, 3.63) is 156 Å². The van der Waals surface area contributed by atoms with Crippen molar-refractivity contribution < 1.29 is 18.9 Å². The fourth-order valence-electron chi connectivity index (χ4n) is 8.79. The maximum absolute atomic E-state index is 7.09. The number of nitrogens with one attached hydrogen (secondary N) is 1. The summed E-state index contributed by atoms with van der Waals surface area (Å²) in [7, 11) is 8.49. The molecular formula is C55H64N10O4. The van der Waals surface area contributed by atoms with Crippen LogP contribution in [0.2, 0.25) is 0 Å². The van der Waals surface area contributed by atoms with E-state index in [4.69, 9.17) is 33.9 Å². The first kappa shape index (κ1) is 47.5. The van der Waals surface area contributed by atoms with Crippen LogP contribution in [0.5, 0.6) is 0 Å². The van der Waals surface area contributed by atoms with E-state index in [1.54, 1.807) is 6.20 Å². The molecule has 1 saturated heterocycles. The summed E-state index contributed by atoms with van der Waals surface area (Å²) in [5, 5.41) is 3.45. The molecule has 0 radical (unpaired) electrons. The Balaban J connectivity index is 1.15. The van der Waals surface area contributed by atoms with Crippen LogP contribution in [0.4, 0.5) is 34.6 Å². The minimum atomic E-state index is -0.672. The highest BCUT2D eigenvalue weighted by Crippen LogP contribution is 2.35. The van der Waals surface area contributed by atoms with Crippen LogP contribution in [-0.2, 0) is 45.4 Å². The summed E-state index contributed by atoms with van der Waals surface area (Å²) >= 11 is 0. The predicted molar refractivity (Wildman–Crippen MR) is 275 cm³/mol. The number of ether oxygens (including phenoxy) is 4. The van der Waals surface area contributed by atoms with Crippen molar-refractivity contribution in [1.29, 1.82) is 0 Å². The lowest BCUT2D eigenvalue weighted by Crippen LogP contribution is -2.44. The molecule has 5 heterocycles. The number of aryl methyl sites for hydroxylation is 1. The van der Waals surface area contributed by atoms with Crippen molar-refractivity contribution in [2.45, 2.75) is 39.6 Å². The van der Waals surface area contributed by atoms with Gasteiger partial charge in [0, 0.05) is 104 Å². The highest BCUT2D eigenvalue weighted by atomic mass is 16.5. The van der Waals surface area contributed by atoms with Crippen LogP contribution in [0, 0.1) is 6.92 Å². The first-order valence-electron chi connectivity index (χ1n) is 23.9. The van der Waals surface area contributed by atoms with Gasteiger partial charge in [-0.1, -0.05) is 54.6 Å². The molecular weight excluding hydrogens is 865 g/mol. The van der Waals surface area contributed by atoms with Crippen molar-refractivity contribution in [3.63, 3.8) is 0 Å². The summed E-state index contributed by atoms with van der Waals surface area (Å²) in [6, 6.07) is 31.6. The SMILES string of the molecule is Cc1cnc2nc1-c1cccc(c1)COC/C=C/COCc1cc(ccc1N1CCN(C)CC1)N2C1/C=C/COCc2cc(ccc2N(C)CCN(C)C)Nc2nccc(n2)-c2cccc(c2)CO1. The summed E-state index contributed by atoms with van der Waals surface area (Å²) in [5.74, 6) is 1.00. The number of likely N-dealkylation sites (N-methyl/N-ethyl adjacent to an activating group) is 3. The Bertz CT molecular complexity index is 2740. The third-order valence-corrected chi connectivity index (χ3v) is 12.6. The normalized spacial score (nSPS) is 18.3. The van der Waals surface area contributed by atoms with Crippen LogP contribution in [0.15, 0.2) is 128 Å². The number of nitrogens with zero attached hydrogens (tertiary/aromatic N) is 9. The molecule has 0 amide bonds. The zero-order valence-electron chi connectivity index (χ0n) is 40.6. The van der Waals surface area contributed by atoms with Crippen molar-refractivity contribution in [2.24, 2.45) is 0 Å². The Morgan fingerprint density at radius 1 is 0.696 bits per heavy atom. The van der Waals surface area contributed by atoms with Crippen LogP contribution in [0.3, 0.4) is 0 Å². The molecule has 1 fully saturated rings. The minimum absolute atomic E-state index is 0.284. The summed E-state index contributed by atoms with van der Waals surface area (Å²) in [5.41, 5.74) is 12.7. The van der Waals surface area contributed by atoms with Gasteiger partial charge in [-0.3, -0.25) is 4.90 Å². The molecule has 3 aliphatic rings. The zero-order chi connectivity index (χ0) is 47.5. The number of piperazine rings is 1. The Hall–Kier alpha value is -6.52. The van der Waals surface area contributed by atoms with E-state index >= 15 is 0 Å². The second-order valence-electron chi connectivity index (χ2n) is 18.2. The monoisotopic (exact) mass is 929 g/mol. The lowest BCUT2D eigenvalue weighted by Gasteiger charge is -2.36. The molecule has 14 nitrogen and oxygen atoms in total. The summed E-state index contributed by atoms with van der Waals surface area (Å²) in [6.07, 6.45) is 11.2. The van der Waals surface area contributed by atoms with E-state index in [9.17, 15) is 0 Å². The zero-order valence-corrected chi connectivity index (χ0v) is 40.6. The van der Waals surface area contributed by atoms with Crippen LogP contribution in [0.1, 0.15) is 27.8 Å². The molecule has 3 aliphatic heterocycles. The standard InChI is InChI=1S/C55H64N10O4/c1-40-35-57-55-60-53(40)44-14-9-11-41(32-44)36-66-28-6-7-29-67-39-46-34-48(17-19-51(46)64-26-23-62(4)24-27-64)65(55)52-15-10-30-68-38-45-33-47(16-18-50(45)63(5)25-22-61(2)3)58-54-56-21-20-49(59-54)43-13-8-12-42(31-43)37-69-52/h6-21,31-35,52H,22-30,36-39H2,1-5H3,(H,56,58,59)/b7-6+,15-10+. The Morgan fingerprint density at radius 3 is 2.25 bits per heavy atom. The molecule has 1 atom stereocenters. The van der Waals surface area contributed by atoms with Crippen molar-refractivity contribution in [2.75, 3.05) is 107 Å². The molecule has 2 aromatic heterocycles. The van der Waals surface area contributed by atoms with E-state index in [1.807, 2.05) is 36.6 Å². The van der Waals surface area contributed by atoms with Crippen molar-refractivity contribution in [1.82, 2.24) is 29.7 Å². The van der Waals surface area contributed by atoms with Gasteiger partial charge >= 0.3 is 0 Å². The molecule has 0 aliphatic carbocycles. The quantitative estimate of drug-likeness (QED) is 0.161. The van der Waals surface area contributed by atoms with Crippen LogP contribution in [0.25, 0.3) is 22.5 Å². The smallest absolute Gasteiger partial charge is 0.232 e. The van der Waals surface area contributed by atoms with Gasteiger partial charge in [0.15, 0.2) is 6.23 Å². The fourth-order valence-corrected chi connectivity index (χ4v) is 8.79. The molecule has 14 heteroatoms. The topological polar surface area (TPSA) is 117 Å². The van der Waals surface area contributed by atoms with Gasteiger partial charge in [-0.2, -0.15) is 0 Å². The van der Waals surface area contributed by atoms with Gasteiger partial charge in [0.2, 0.25) is 11.9 Å². The Kier molecular flexibility index (Phi) is 15.7. The van der Waals surface area contributed by atoms with Crippen LogP contribution >= 0.6 is 0 Å². The van der Waals surface area contributed by atoms with E-state index in [0.717, 1.165) is 112 Å².